The molecule has 4 aromatic heterocycles. The lowest BCUT2D eigenvalue weighted by atomic mass is 10.0. The number of hydrogen-bond donors (Lipinski definition) is 3. The number of halogens is 3. The molecule has 0 radical (unpaired) electrons. The SMILES string of the molecule is CC(C)(O)C(F)CNC(=O)c1cnc(-c2cnc3cc(C#N)cnn23)cc1Nc1cnn(CC(F)F)c1. The Morgan fingerprint density at radius 1 is 1.16 bits per heavy atom. The van der Waals surface area contributed by atoms with Crippen molar-refractivity contribution in [3.05, 3.63) is 54.2 Å². The maximum atomic E-state index is 14.2. The molecule has 1 unspecified atom stereocenters. The van der Waals surface area contributed by atoms with Gasteiger partial charge in [-0.2, -0.15) is 15.5 Å². The fourth-order valence-corrected chi connectivity index (χ4v) is 3.34. The van der Waals surface area contributed by atoms with Crippen LogP contribution in [0.15, 0.2) is 43.1 Å². The molecule has 0 saturated carbocycles. The number of hydrogen-bond acceptors (Lipinski definition) is 8. The molecule has 1 atom stereocenters. The summed E-state index contributed by atoms with van der Waals surface area (Å²) in [6, 6.07) is 5.05. The van der Waals surface area contributed by atoms with Gasteiger partial charge < -0.3 is 15.7 Å². The molecule has 0 aromatic carbocycles. The highest BCUT2D eigenvalue weighted by Gasteiger charge is 2.27. The number of carbonyl (C=O) groups is 1. The van der Waals surface area contributed by atoms with E-state index in [1.54, 1.807) is 6.07 Å². The molecule has 11 nitrogen and oxygen atoms in total. The third-order valence-corrected chi connectivity index (χ3v) is 5.35. The Balaban J connectivity index is 1.69. The largest absolute Gasteiger partial charge is 0.387 e. The van der Waals surface area contributed by atoms with Crippen LogP contribution in [0, 0.1) is 11.3 Å². The summed E-state index contributed by atoms with van der Waals surface area (Å²) in [5, 5.41) is 32.4. The summed E-state index contributed by atoms with van der Waals surface area (Å²) in [6.45, 7) is 1.51. The molecule has 0 bridgehead atoms. The van der Waals surface area contributed by atoms with Crippen molar-refractivity contribution in [3.8, 4) is 17.5 Å². The normalized spacial score (nSPS) is 12.5. The zero-order valence-corrected chi connectivity index (χ0v) is 19.7. The quantitative estimate of drug-likeness (QED) is 0.310. The van der Waals surface area contributed by atoms with Crippen LogP contribution in [0.25, 0.3) is 17.0 Å². The van der Waals surface area contributed by atoms with E-state index in [4.69, 9.17) is 5.26 Å². The van der Waals surface area contributed by atoms with Crippen molar-refractivity contribution >= 4 is 22.9 Å². The maximum absolute atomic E-state index is 14.2. The number of nitrogens with zero attached hydrogens (tertiary/aromatic N) is 7. The van der Waals surface area contributed by atoms with Gasteiger partial charge in [0, 0.05) is 18.5 Å². The van der Waals surface area contributed by atoms with Gasteiger partial charge in [-0.3, -0.25) is 14.5 Å². The van der Waals surface area contributed by atoms with E-state index in [0.717, 1.165) is 4.68 Å². The highest BCUT2D eigenvalue weighted by Crippen LogP contribution is 2.27. The van der Waals surface area contributed by atoms with Crippen LogP contribution in [-0.4, -0.2) is 65.1 Å². The lowest BCUT2D eigenvalue weighted by Gasteiger charge is -2.22. The molecule has 192 valence electrons. The molecule has 1 amide bonds. The molecule has 0 aliphatic carbocycles. The predicted molar refractivity (Wildman–Crippen MR) is 126 cm³/mol. The zero-order chi connectivity index (χ0) is 26.7. The van der Waals surface area contributed by atoms with Crippen molar-refractivity contribution in [2.45, 2.75) is 38.6 Å². The van der Waals surface area contributed by atoms with Crippen LogP contribution in [0.4, 0.5) is 24.5 Å². The number of imidazole rings is 1. The molecule has 4 heterocycles. The Morgan fingerprint density at radius 3 is 2.65 bits per heavy atom. The number of nitriles is 1. The summed E-state index contributed by atoms with van der Waals surface area (Å²) in [7, 11) is 0. The van der Waals surface area contributed by atoms with E-state index in [2.05, 4.69) is 30.8 Å². The summed E-state index contributed by atoms with van der Waals surface area (Å²) in [5.74, 6) is -0.677. The van der Waals surface area contributed by atoms with Crippen molar-refractivity contribution in [3.63, 3.8) is 0 Å². The molecule has 14 heteroatoms. The van der Waals surface area contributed by atoms with Gasteiger partial charge >= 0.3 is 0 Å². The van der Waals surface area contributed by atoms with Crippen LogP contribution in [0.5, 0.6) is 0 Å². The van der Waals surface area contributed by atoms with Crippen LogP contribution >= 0.6 is 0 Å². The number of aromatic nitrogens is 6. The van der Waals surface area contributed by atoms with Crippen molar-refractivity contribution in [2.75, 3.05) is 11.9 Å². The number of pyridine rings is 1. The molecule has 0 aliphatic rings. The summed E-state index contributed by atoms with van der Waals surface area (Å²) in [5.41, 5.74) is 0.449. The van der Waals surface area contributed by atoms with Crippen LogP contribution in [-0.2, 0) is 6.54 Å². The van der Waals surface area contributed by atoms with Crippen LogP contribution < -0.4 is 10.6 Å². The summed E-state index contributed by atoms with van der Waals surface area (Å²) < 4.78 is 42.1. The first-order valence-corrected chi connectivity index (χ1v) is 11.0. The van der Waals surface area contributed by atoms with Crippen LogP contribution in [0.1, 0.15) is 29.8 Å². The van der Waals surface area contributed by atoms with Gasteiger partial charge in [0.05, 0.1) is 58.9 Å². The summed E-state index contributed by atoms with van der Waals surface area (Å²) in [4.78, 5) is 21.5. The Bertz CT molecular complexity index is 1470. The predicted octanol–water partition coefficient (Wildman–Crippen LogP) is 2.71. The Morgan fingerprint density at radius 2 is 1.95 bits per heavy atom. The number of amides is 1. The maximum Gasteiger partial charge on any atom is 0.257 e. The molecule has 0 spiro atoms. The van der Waals surface area contributed by atoms with Crippen molar-refractivity contribution in [1.29, 1.82) is 5.26 Å². The monoisotopic (exact) mass is 513 g/mol. The van der Waals surface area contributed by atoms with Crippen LogP contribution in [0.3, 0.4) is 0 Å². The van der Waals surface area contributed by atoms with Gasteiger partial charge in [-0.15, -0.1) is 0 Å². The minimum atomic E-state index is -2.60. The van der Waals surface area contributed by atoms with Gasteiger partial charge in [-0.05, 0) is 19.9 Å². The first kappa shape index (κ1) is 25.6. The minimum absolute atomic E-state index is 0.0295. The molecule has 3 N–H and O–H groups in total. The second kappa shape index (κ2) is 10.2. The van der Waals surface area contributed by atoms with E-state index in [1.165, 1.54) is 55.4 Å². The average Bonchev–Trinajstić information content (AvgIpc) is 3.47. The van der Waals surface area contributed by atoms with Gasteiger partial charge in [0.1, 0.15) is 24.5 Å². The topological polar surface area (TPSA) is 146 Å². The third-order valence-electron chi connectivity index (χ3n) is 5.35. The Labute approximate surface area is 208 Å². The Kier molecular flexibility index (Phi) is 7.07. The molecular formula is C23H22F3N9O2. The summed E-state index contributed by atoms with van der Waals surface area (Å²) in [6.07, 6.45) is 2.45. The standard InChI is InChI=1S/C23H22F3N9O2/c1-23(2,37)19(24)10-30-22(36)15-8-28-17(18-9-29-21-3-13(5-27)6-32-35(18)21)4-16(15)33-14-7-31-34(11-14)12-20(25)26/h3-4,6-9,11,19-20,37H,10,12H2,1-2H3,(H,28,33)(H,30,36). The molecule has 0 saturated heterocycles. The smallest absolute Gasteiger partial charge is 0.257 e. The van der Waals surface area contributed by atoms with Gasteiger partial charge in [0.2, 0.25) is 0 Å². The number of nitrogens with one attached hydrogen (secondary N) is 2. The van der Waals surface area contributed by atoms with E-state index < -0.39 is 37.2 Å². The average molecular weight is 513 g/mol. The van der Waals surface area contributed by atoms with Gasteiger partial charge in [0.15, 0.2) is 5.65 Å². The molecule has 0 fully saturated rings. The fourth-order valence-electron chi connectivity index (χ4n) is 3.34. The highest BCUT2D eigenvalue weighted by atomic mass is 19.3. The van der Waals surface area contributed by atoms with Gasteiger partial charge in [-0.25, -0.2) is 22.7 Å². The van der Waals surface area contributed by atoms with Gasteiger partial charge in [0.25, 0.3) is 12.3 Å². The van der Waals surface area contributed by atoms with E-state index >= 15 is 0 Å². The lowest BCUT2D eigenvalue weighted by Crippen LogP contribution is -2.42. The number of aliphatic hydroxyl groups is 1. The van der Waals surface area contributed by atoms with Crippen molar-refractivity contribution in [1.82, 2.24) is 34.7 Å². The van der Waals surface area contributed by atoms with Gasteiger partial charge in [-0.1, -0.05) is 0 Å². The molecular weight excluding hydrogens is 491 g/mol. The highest BCUT2D eigenvalue weighted by molar-refractivity contribution is 6.00. The van der Waals surface area contributed by atoms with Crippen molar-refractivity contribution < 1.29 is 23.1 Å². The van der Waals surface area contributed by atoms with E-state index in [1.807, 2.05) is 6.07 Å². The fraction of sp³-hybridized carbons (Fsp3) is 0.304. The van der Waals surface area contributed by atoms with Crippen molar-refractivity contribution in [2.24, 2.45) is 0 Å². The first-order valence-electron chi connectivity index (χ1n) is 11.0. The summed E-state index contributed by atoms with van der Waals surface area (Å²) >= 11 is 0. The minimum Gasteiger partial charge on any atom is -0.387 e. The first-order chi connectivity index (χ1) is 17.5. The lowest BCUT2D eigenvalue weighted by molar-refractivity contribution is -0.00177. The Hall–Kier alpha value is -4.51. The third kappa shape index (κ3) is 5.84. The second-order valence-electron chi connectivity index (χ2n) is 8.68. The molecule has 4 aromatic rings. The second-order valence-corrected chi connectivity index (χ2v) is 8.68. The number of fused-ring (bicyclic) bond motifs is 1. The van der Waals surface area contributed by atoms with Crippen LogP contribution in [0.2, 0.25) is 0 Å². The van der Waals surface area contributed by atoms with E-state index in [0.29, 0.717) is 28.3 Å². The molecule has 0 aliphatic heterocycles. The number of anilines is 2. The van der Waals surface area contributed by atoms with E-state index in [9.17, 15) is 23.1 Å². The molecule has 4 rings (SSSR count). The zero-order valence-electron chi connectivity index (χ0n) is 19.7. The van der Waals surface area contributed by atoms with E-state index in [-0.39, 0.29) is 11.3 Å². The number of alkyl halides is 3. The number of carbonyl (C=O) groups excluding carboxylic acids is 1. The number of rotatable bonds is 9. The molecule has 37 heavy (non-hydrogen) atoms.